The third kappa shape index (κ3) is 5.08. The fourth-order valence-electron chi connectivity index (χ4n) is 3.67. The monoisotopic (exact) mass is 302 g/mol. The Morgan fingerprint density at radius 3 is 2.73 bits per heavy atom. The van der Waals surface area contributed by atoms with Gasteiger partial charge in [0, 0.05) is 32.3 Å². The van der Waals surface area contributed by atoms with Crippen molar-refractivity contribution in [2.75, 3.05) is 26.2 Å². The molecule has 1 saturated carbocycles. The van der Waals surface area contributed by atoms with Crippen molar-refractivity contribution < 1.29 is 4.74 Å². The second-order valence-electron chi connectivity index (χ2n) is 6.79. The van der Waals surface area contributed by atoms with E-state index in [-0.39, 0.29) is 0 Å². The van der Waals surface area contributed by atoms with E-state index in [0.29, 0.717) is 12.1 Å². The standard InChI is InChI=1S/C19H30N2O/c1-2-7-17(8-3-1)15-21-13-11-18(16-21)20-12-6-14-22-19-9-4-5-10-19/h1-3,7-8,18-20H,4-6,9-16H2. The summed E-state index contributed by atoms with van der Waals surface area (Å²) in [5.41, 5.74) is 1.42. The summed E-state index contributed by atoms with van der Waals surface area (Å²) in [5, 5.41) is 3.70. The summed E-state index contributed by atoms with van der Waals surface area (Å²) in [7, 11) is 0. The first kappa shape index (κ1) is 16.0. The van der Waals surface area contributed by atoms with Gasteiger partial charge in [-0.1, -0.05) is 43.2 Å². The zero-order valence-corrected chi connectivity index (χ0v) is 13.7. The van der Waals surface area contributed by atoms with Gasteiger partial charge in [0.2, 0.25) is 0 Å². The van der Waals surface area contributed by atoms with Crippen LogP contribution in [0.3, 0.4) is 0 Å². The summed E-state index contributed by atoms with van der Waals surface area (Å²) in [6.45, 7) is 5.50. The highest BCUT2D eigenvalue weighted by Crippen LogP contribution is 2.20. The Morgan fingerprint density at radius 2 is 1.91 bits per heavy atom. The Labute approximate surface area is 135 Å². The van der Waals surface area contributed by atoms with Crippen LogP contribution in [0.2, 0.25) is 0 Å². The van der Waals surface area contributed by atoms with Gasteiger partial charge in [0.1, 0.15) is 0 Å². The van der Waals surface area contributed by atoms with E-state index in [0.717, 1.165) is 26.1 Å². The average molecular weight is 302 g/mol. The second-order valence-corrected chi connectivity index (χ2v) is 6.79. The number of benzene rings is 1. The van der Waals surface area contributed by atoms with Gasteiger partial charge in [0.15, 0.2) is 0 Å². The number of hydrogen-bond acceptors (Lipinski definition) is 3. The van der Waals surface area contributed by atoms with Gasteiger partial charge in [0.25, 0.3) is 0 Å². The molecule has 1 unspecified atom stereocenters. The summed E-state index contributed by atoms with van der Waals surface area (Å²) < 4.78 is 5.92. The molecule has 1 aromatic rings. The number of hydrogen-bond donors (Lipinski definition) is 1. The molecule has 1 aliphatic heterocycles. The van der Waals surface area contributed by atoms with E-state index in [1.54, 1.807) is 0 Å². The fourth-order valence-corrected chi connectivity index (χ4v) is 3.67. The smallest absolute Gasteiger partial charge is 0.0575 e. The molecule has 0 amide bonds. The van der Waals surface area contributed by atoms with E-state index in [1.165, 1.54) is 50.8 Å². The van der Waals surface area contributed by atoms with Crippen LogP contribution < -0.4 is 5.32 Å². The third-order valence-corrected chi connectivity index (χ3v) is 4.93. The molecule has 3 heteroatoms. The lowest BCUT2D eigenvalue weighted by Crippen LogP contribution is -2.33. The Bertz CT molecular complexity index is 417. The molecule has 122 valence electrons. The van der Waals surface area contributed by atoms with Gasteiger partial charge < -0.3 is 10.1 Å². The van der Waals surface area contributed by atoms with Crippen LogP contribution >= 0.6 is 0 Å². The number of rotatable bonds is 8. The molecular weight excluding hydrogens is 272 g/mol. The van der Waals surface area contributed by atoms with Crippen molar-refractivity contribution in [3.8, 4) is 0 Å². The molecule has 1 atom stereocenters. The molecule has 3 rings (SSSR count). The first-order valence-corrected chi connectivity index (χ1v) is 9.01. The first-order valence-electron chi connectivity index (χ1n) is 9.01. The molecule has 3 nitrogen and oxygen atoms in total. The van der Waals surface area contributed by atoms with Gasteiger partial charge in [-0.2, -0.15) is 0 Å². The molecule has 1 aromatic carbocycles. The Kier molecular flexibility index (Phi) is 6.29. The van der Waals surface area contributed by atoms with Crippen molar-refractivity contribution >= 4 is 0 Å². The van der Waals surface area contributed by atoms with Gasteiger partial charge in [-0.15, -0.1) is 0 Å². The minimum Gasteiger partial charge on any atom is -0.378 e. The summed E-state index contributed by atoms with van der Waals surface area (Å²) >= 11 is 0. The average Bonchev–Trinajstić information content (AvgIpc) is 3.20. The predicted molar refractivity (Wildman–Crippen MR) is 91.0 cm³/mol. The minimum absolute atomic E-state index is 0.563. The molecular formula is C19H30N2O. The van der Waals surface area contributed by atoms with Crippen LogP contribution in [0, 0.1) is 0 Å². The van der Waals surface area contributed by atoms with E-state index in [9.17, 15) is 0 Å². The van der Waals surface area contributed by atoms with Crippen molar-refractivity contribution in [3.05, 3.63) is 35.9 Å². The van der Waals surface area contributed by atoms with Gasteiger partial charge in [-0.05, 0) is 37.8 Å². The van der Waals surface area contributed by atoms with Crippen LogP contribution in [0.5, 0.6) is 0 Å². The lowest BCUT2D eigenvalue weighted by Gasteiger charge is -2.17. The van der Waals surface area contributed by atoms with Crippen LogP contribution in [-0.2, 0) is 11.3 Å². The van der Waals surface area contributed by atoms with Crippen molar-refractivity contribution in [3.63, 3.8) is 0 Å². The van der Waals surface area contributed by atoms with Crippen LogP contribution in [-0.4, -0.2) is 43.3 Å². The molecule has 0 bridgehead atoms. The van der Waals surface area contributed by atoms with E-state index < -0.39 is 0 Å². The molecule has 1 aliphatic carbocycles. The van der Waals surface area contributed by atoms with Crippen LogP contribution in [0.25, 0.3) is 0 Å². The lowest BCUT2D eigenvalue weighted by atomic mass is 10.2. The van der Waals surface area contributed by atoms with Crippen LogP contribution in [0.1, 0.15) is 44.1 Å². The van der Waals surface area contributed by atoms with Crippen molar-refractivity contribution in [2.45, 2.75) is 57.2 Å². The molecule has 1 heterocycles. The van der Waals surface area contributed by atoms with Gasteiger partial charge in [-0.3, -0.25) is 4.90 Å². The normalized spacial score (nSPS) is 23.4. The molecule has 0 spiro atoms. The number of nitrogens with one attached hydrogen (secondary N) is 1. The Hall–Kier alpha value is -0.900. The largest absolute Gasteiger partial charge is 0.378 e. The molecule has 0 aromatic heterocycles. The van der Waals surface area contributed by atoms with Crippen molar-refractivity contribution in [1.29, 1.82) is 0 Å². The Balaban J connectivity index is 1.25. The maximum absolute atomic E-state index is 5.92. The van der Waals surface area contributed by atoms with Gasteiger partial charge >= 0.3 is 0 Å². The zero-order valence-electron chi connectivity index (χ0n) is 13.7. The first-order chi connectivity index (χ1) is 10.9. The van der Waals surface area contributed by atoms with E-state index in [1.807, 2.05) is 0 Å². The topological polar surface area (TPSA) is 24.5 Å². The molecule has 1 saturated heterocycles. The van der Waals surface area contributed by atoms with Crippen LogP contribution in [0.4, 0.5) is 0 Å². The SMILES string of the molecule is c1ccc(CN2CCC(NCCCOC3CCCC3)C2)cc1. The number of likely N-dealkylation sites (tertiary alicyclic amines) is 1. The van der Waals surface area contributed by atoms with Gasteiger partial charge in [-0.25, -0.2) is 0 Å². The highest BCUT2D eigenvalue weighted by molar-refractivity contribution is 5.14. The van der Waals surface area contributed by atoms with E-state index in [2.05, 4.69) is 40.5 Å². The maximum atomic E-state index is 5.92. The fraction of sp³-hybridized carbons (Fsp3) is 0.684. The molecule has 2 fully saturated rings. The quantitative estimate of drug-likeness (QED) is 0.746. The summed E-state index contributed by atoms with van der Waals surface area (Å²) in [6.07, 6.45) is 8.27. The number of ether oxygens (including phenoxy) is 1. The molecule has 0 radical (unpaired) electrons. The lowest BCUT2D eigenvalue weighted by molar-refractivity contribution is 0.0566. The molecule has 22 heavy (non-hydrogen) atoms. The van der Waals surface area contributed by atoms with E-state index in [4.69, 9.17) is 4.74 Å². The third-order valence-electron chi connectivity index (χ3n) is 4.93. The van der Waals surface area contributed by atoms with Crippen molar-refractivity contribution in [1.82, 2.24) is 10.2 Å². The molecule has 2 aliphatic rings. The molecule has 1 N–H and O–H groups in total. The maximum Gasteiger partial charge on any atom is 0.0575 e. The highest BCUT2D eigenvalue weighted by Gasteiger charge is 2.21. The summed E-state index contributed by atoms with van der Waals surface area (Å²) in [6, 6.07) is 11.5. The predicted octanol–water partition coefficient (Wildman–Crippen LogP) is 3.20. The Morgan fingerprint density at radius 1 is 1.09 bits per heavy atom. The zero-order chi connectivity index (χ0) is 15.0. The highest BCUT2D eigenvalue weighted by atomic mass is 16.5. The minimum atomic E-state index is 0.563. The van der Waals surface area contributed by atoms with E-state index >= 15 is 0 Å². The van der Waals surface area contributed by atoms with Gasteiger partial charge in [0.05, 0.1) is 6.10 Å². The second kappa shape index (κ2) is 8.66. The summed E-state index contributed by atoms with van der Waals surface area (Å²) in [5.74, 6) is 0. The summed E-state index contributed by atoms with van der Waals surface area (Å²) in [4.78, 5) is 2.56. The van der Waals surface area contributed by atoms with Crippen LogP contribution in [0.15, 0.2) is 30.3 Å². The van der Waals surface area contributed by atoms with Crippen molar-refractivity contribution in [2.24, 2.45) is 0 Å². The number of nitrogens with zero attached hydrogens (tertiary/aromatic N) is 1.